The van der Waals surface area contributed by atoms with E-state index in [1.807, 2.05) is 0 Å². The predicted molar refractivity (Wildman–Crippen MR) is 16.5 cm³/mol. The lowest BCUT2D eigenvalue weighted by Gasteiger charge is -1.44. The first-order valence-electron chi connectivity index (χ1n) is 1.56. The predicted octanol–water partition coefficient (Wildman–Crippen LogP) is -0.0835. The molecule has 1 N–H and O–H groups in total. The molecule has 1 aliphatic heterocycles. The van der Waals surface area contributed by atoms with Gasteiger partial charge in [0.15, 0.2) is 0 Å². The Balaban J connectivity index is 2.17. The van der Waals surface area contributed by atoms with E-state index in [9.17, 15) is 0 Å². The van der Waals surface area contributed by atoms with Crippen LogP contribution in [0.15, 0.2) is 0 Å². The van der Waals surface area contributed by atoms with Gasteiger partial charge in [-0.3, -0.25) is 0 Å². The van der Waals surface area contributed by atoms with Gasteiger partial charge in [0.1, 0.15) is 0 Å². The number of rotatable bonds is 0. The number of aliphatic hydroxyl groups is 2. The maximum absolute atomic E-state index is 3.90. The molecule has 1 heterocycles. The fraction of sp³-hybridized carbons (Fsp3) is 1.00. The summed E-state index contributed by atoms with van der Waals surface area (Å²) < 4.78 is 3.90. The third-order valence-corrected chi connectivity index (χ3v) is 0.548. The van der Waals surface area contributed by atoms with Crippen LogP contribution in [0, 0.1) is 0 Å². The molecule has 1 fully saturated rings. The van der Waals surface area contributed by atoms with Crippen LogP contribution in [0.4, 0.5) is 0 Å². The Hall–Kier alpha value is -0.0400. The molecular formula is C3H7O+. The topological polar surface area (TPSA) is 12.8 Å². The van der Waals surface area contributed by atoms with Crippen LogP contribution in [0.2, 0.25) is 0 Å². The maximum Gasteiger partial charge on any atom is 0.221 e. The average Bonchev–Trinajstić information content (AvgIpc) is 1.75. The summed E-state index contributed by atoms with van der Waals surface area (Å²) in [4.78, 5) is 0. The molecule has 0 aromatic carbocycles. The highest BCUT2D eigenvalue weighted by Crippen LogP contribution is 1.98. The standard InChI is InChI=1S/C3H6O/c1-3-2-4-3/h3H,2H2,1H3/p+1/t3-/m0/s1. The molecule has 0 unspecified atom stereocenters. The highest BCUT2D eigenvalue weighted by atomic mass is 16.6. The van der Waals surface area contributed by atoms with E-state index in [-0.39, 0.29) is 0 Å². The second-order valence-electron chi connectivity index (χ2n) is 1.21. The van der Waals surface area contributed by atoms with Crippen molar-refractivity contribution in [2.45, 2.75) is 13.0 Å². The summed E-state index contributed by atoms with van der Waals surface area (Å²) in [5.41, 5.74) is 0. The molecule has 1 nitrogen and oxygen atoms in total. The first kappa shape index (κ1) is 2.21. The molecule has 0 radical (unpaired) electrons. The molecule has 1 rings (SSSR count). The van der Waals surface area contributed by atoms with Crippen LogP contribution < -0.4 is 0 Å². The van der Waals surface area contributed by atoms with Crippen molar-refractivity contribution in [1.82, 2.24) is 0 Å². The largest absolute Gasteiger partial charge is 0.420 e. The molecule has 0 amide bonds. The van der Waals surface area contributed by atoms with Gasteiger partial charge in [-0.05, 0) is 0 Å². The smallest absolute Gasteiger partial charge is 0.221 e. The van der Waals surface area contributed by atoms with Crippen molar-refractivity contribution in [3.63, 3.8) is 0 Å². The Morgan fingerprint density at radius 2 is 2.25 bits per heavy atom. The molecule has 0 aromatic rings. The zero-order valence-corrected chi connectivity index (χ0v) is 2.73. The zero-order chi connectivity index (χ0) is 2.99. The summed E-state index contributed by atoms with van der Waals surface area (Å²) in [6, 6.07) is 0. The van der Waals surface area contributed by atoms with E-state index in [0.29, 0.717) is 6.10 Å². The molecular weight excluding hydrogens is 52.0 g/mol. The summed E-state index contributed by atoms with van der Waals surface area (Å²) >= 11 is 0. The highest BCUT2D eigenvalue weighted by Gasteiger charge is 2.22. The van der Waals surface area contributed by atoms with Crippen molar-refractivity contribution < 1.29 is 4.74 Å². The van der Waals surface area contributed by atoms with E-state index >= 15 is 0 Å². The Labute approximate surface area is 25.6 Å². The highest BCUT2D eigenvalue weighted by molar-refractivity contribution is 4.55. The minimum Gasteiger partial charge on any atom is -0.420 e. The number of hydrogen-bond acceptors (Lipinski definition) is 0. The lowest BCUT2D eigenvalue weighted by atomic mass is 10.6. The molecule has 0 bridgehead atoms. The average molecular weight is 59.1 g/mol. The van der Waals surface area contributed by atoms with Gasteiger partial charge in [0.2, 0.25) is 12.7 Å². The molecule has 4 heavy (non-hydrogen) atoms. The first-order chi connectivity index (χ1) is 1.89. The van der Waals surface area contributed by atoms with Gasteiger partial charge in [0.05, 0.1) is 0 Å². The molecule has 1 heteroatoms. The van der Waals surface area contributed by atoms with Crippen molar-refractivity contribution in [2.24, 2.45) is 0 Å². The molecule has 0 saturated carbocycles. The van der Waals surface area contributed by atoms with Gasteiger partial charge in [-0.25, -0.2) is 0 Å². The van der Waals surface area contributed by atoms with Crippen LogP contribution in [0.1, 0.15) is 6.92 Å². The molecule has 0 spiro atoms. The quantitative estimate of drug-likeness (QED) is 0.273. The Kier molecular flexibility index (Phi) is 0.256. The molecule has 0 aliphatic carbocycles. The monoisotopic (exact) mass is 59.0 g/mol. The van der Waals surface area contributed by atoms with E-state index in [1.165, 1.54) is 0 Å². The van der Waals surface area contributed by atoms with Gasteiger partial charge in [0.25, 0.3) is 0 Å². The summed E-state index contributed by atoms with van der Waals surface area (Å²) in [6.45, 7) is 3.22. The van der Waals surface area contributed by atoms with Crippen LogP contribution in [-0.2, 0) is 0 Å². The van der Waals surface area contributed by atoms with E-state index in [1.54, 1.807) is 0 Å². The van der Waals surface area contributed by atoms with Gasteiger partial charge < -0.3 is 4.74 Å². The van der Waals surface area contributed by atoms with Crippen LogP contribution >= 0.6 is 0 Å². The van der Waals surface area contributed by atoms with Crippen molar-refractivity contribution in [3.05, 3.63) is 0 Å². The van der Waals surface area contributed by atoms with Gasteiger partial charge in [-0.1, -0.05) is 0 Å². The van der Waals surface area contributed by atoms with Crippen molar-refractivity contribution in [2.75, 3.05) is 6.61 Å². The van der Waals surface area contributed by atoms with Crippen LogP contribution in [0.25, 0.3) is 0 Å². The van der Waals surface area contributed by atoms with Crippen LogP contribution in [0.5, 0.6) is 0 Å². The van der Waals surface area contributed by atoms with E-state index in [4.69, 9.17) is 0 Å². The SMILES string of the molecule is C[C@H]1C[OH+]1. The van der Waals surface area contributed by atoms with Crippen molar-refractivity contribution >= 4 is 0 Å². The third kappa shape index (κ3) is 0.206. The molecule has 1 saturated heterocycles. The van der Waals surface area contributed by atoms with Crippen LogP contribution in [-0.4, -0.2) is 17.4 Å². The Morgan fingerprint density at radius 1 is 2.00 bits per heavy atom. The molecule has 1 atom stereocenters. The number of ether oxygens (including phenoxy) is 1. The summed E-state index contributed by atoms with van der Waals surface area (Å²) in [7, 11) is 0. The van der Waals surface area contributed by atoms with Gasteiger partial charge >= 0.3 is 0 Å². The summed E-state index contributed by atoms with van der Waals surface area (Å²) in [6.07, 6.45) is 0.708. The first-order valence-corrected chi connectivity index (χ1v) is 1.56. The second kappa shape index (κ2) is 0.462. The second-order valence-corrected chi connectivity index (χ2v) is 1.21. The van der Waals surface area contributed by atoms with Gasteiger partial charge in [-0.15, -0.1) is 0 Å². The molecule has 24 valence electrons. The fourth-order valence-electron chi connectivity index (χ4n) is 0.105. The molecule has 1 aliphatic rings. The fourth-order valence-corrected chi connectivity index (χ4v) is 0.105. The Morgan fingerprint density at radius 3 is 2.25 bits per heavy atom. The minimum atomic E-state index is 0.708. The zero-order valence-electron chi connectivity index (χ0n) is 2.73. The van der Waals surface area contributed by atoms with Gasteiger partial charge in [-0.2, -0.15) is 0 Å². The molecule has 0 aromatic heterocycles. The van der Waals surface area contributed by atoms with Crippen LogP contribution in [0.3, 0.4) is 0 Å². The summed E-state index contributed by atoms with van der Waals surface area (Å²) in [5, 5.41) is 0. The minimum absolute atomic E-state index is 0.708. The lowest BCUT2D eigenvalue weighted by Crippen LogP contribution is -1.62. The van der Waals surface area contributed by atoms with E-state index in [2.05, 4.69) is 11.7 Å². The van der Waals surface area contributed by atoms with E-state index in [0.717, 1.165) is 6.61 Å². The maximum atomic E-state index is 3.90. The normalized spacial score (nSPS) is 39.8. The lowest BCUT2D eigenvalue weighted by molar-refractivity contribution is 0.213. The van der Waals surface area contributed by atoms with Gasteiger partial charge in [0, 0.05) is 6.92 Å². The van der Waals surface area contributed by atoms with Crippen molar-refractivity contribution in [1.29, 1.82) is 0 Å². The Bertz CT molecular complexity index is 22.5. The number of hydrogen-bond donors (Lipinski definition) is 0. The van der Waals surface area contributed by atoms with Crippen molar-refractivity contribution in [3.8, 4) is 0 Å². The summed E-state index contributed by atoms with van der Waals surface area (Å²) in [5.74, 6) is 0. The number of epoxide rings is 1. The van der Waals surface area contributed by atoms with E-state index < -0.39 is 0 Å². The third-order valence-electron chi connectivity index (χ3n) is 0.548.